The molecular formula is C21H23ClN4O2. The Bertz CT molecular complexity index is 1140. The molecule has 7 heteroatoms. The normalized spacial score (nSPS) is 13.9. The van der Waals surface area contributed by atoms with Crippen LogP contribution in [-0.4, -0.2) is 26.1 Å². The molecule has 1 aromatic carbocycles. The lowest BCUT2D eigenvalue weighted by Gasteiger charge is -2.12. The van der Waals surface area contributed by atoms with Crippen molar-refractivity contribution in [2.75, 3.05) is 0 Å². The Morgan fingerprint density at radius 1 is 1.29 bits per heavy atom. The van der Waals surface area contributed by atoms with Crippen LogP contribution in [0.3, 0.4) is 0 Å². The number of nitrogens with zero attached hydrogens (tertiary/aromatic N) is 3. The van der Waals surface area contributed by atoms with Gasteiger partial charge in [0, 0.05) is 29.7 Å². The summed E-state index contributed by atoms with van der Waals surface area (Å²) in [4.78, 5) is 29.6. The largest absolute Gasteiger partial charge is 0.353 e. The van der Waals surface area contributed by atoms with Gasteiger partial charge in [-0.3, -0.25) is 18.7 Å². The van der Waals surface area contributed by atoms with E-state index in [9.17, 15) is 9.59 Å². The second kappa shape index (κ2) is 7.09. The maximum atomic E-state index is 13.1. The number of halogens is 1. The molecule has 0 spiro atoms. The molecular weight excluding hydrogens is 376 g/mol. The van der Waals surface area contributed by atoms with E-state index in [2.05, 4.69) is 10.3 Å². The summed E-state index contributed by atoms with van der Waals surface area (Å²) in [5.41, 5.74) is 4.30. The smallest absolute Gasteiger partial charge is 0.263 e. The van der Waals surface area contributed by atoms with Gasteiger partial charge in [-0.25, -0.2) is 4.98 Å². The molecule has 0 bridgehead atoms. The molecule has 1 fully saturated rings. The van der Waals surface area contributed by atoms with Crippen molar-refractivity contribution in [2.45, 2.75) is 52.6 Å². The Hall–Kier alpha value is -2.60. The minimum atomic E-state index is -0.122. The molecule has 2 aromatic heterocycles. The fraction of sp³-hybridized carbons (Fsp3) is 0.381. The molecule has 146 valence electrons. The van der Waals surface area contributed by atoms with E-state index in [-0.39, 0.29) is 17.9 Å². The predicted octanol–water partition coefficient (Wildman–Crippen LogP) is 3.43. The fourth-order valence-corrected chi connectivity index (χ4v) is 3.68. The third-order valence-electron chi connectivity index (χ3n) is 5.42. The summed E-state index contributed by atoms with van der Waals surface area (Å²) in [6.45, 7) is 6.23. The first-order valence-electron chi connectivity index (χ1n) is 9.49. The zero-order valence-electron chi connectivity index (χ0n) is 16.3. The van der Waals surface area contributed by atoms with E-state index in [0.717, 1.165) is 35.3 Å². The Kier molecular flexibility index (Phi) is 4.75. The summed E-state index contributed by atoms with van der Waals surface area (Å²) in [6.07, 6.45) is 3.91. The molecule has 6 nitrogen and oxygen atoms in total. The molecule has 0 unspecified atom stereocenters. The lowest BCUT2D eigenvalue weighted by Crippen LogP contribution is -2.29. The summed E-state index contributed by atoms with van der Waals surface area (Å²) < 4.78 is 3.51. The number of hydrogen-bond donors (Lipinski definition) is 1. The van der Waals surface area contributed by atoms with E-state index in [1.165, 1.54) is 10.9 Å². The van der Waals surface area contributed by atoms with Crippen molar-refractivity contribution >= 4 is 28.5 Å². The van der Waals surface area contributed by atoms with Crippen molar-refractivity contribution in [1.82, 2.24) is 19.4 Å². The highest BCUT2D eigenvalue weighted by molar-refractivity contribution is 6.30. The van der Waals surface area contributed by atoms with Crippen LogP contribution >= 0.6 is 11.6 Å². The zero-order chi connectivity index (χ0) is 20.0. The number of amides is 1. The van der Waals surface area contributed by atoms with E-state index in [0.29, 0.717) is 28.6 Å². The van der Waals surface area contributed by atoms with Crippen LogP contribution in [0, 0.1) is 20.8 Å². The van der Waals surface area contributed by atoms with E-state index in [4.69, 9.17) is 11.6 Å². The average Bonchev–Trinajstić information content (AvgIpc) is 3.43. The Morgan fingerprint density at radius 3 is 2.75 bits per heavy atom. The Balaban J connectivity index is 1.75. The predicted molar refractivity (Wildman–Crippen MR) is 110 cm³/mol. The standard InChI is InChI=1S/C21H23ClN4O2/c1-12-4-5-15(22)10-17(12)26-14(3)13(2)19-20(26)23-11-25(21(19)28)9-8-18(27)24-16-6-7-16/h4-5,10-11,16H,6-9H2,1-3H3,(H,24,27). The topological polar surface area (TPSA) is 68.9 Å². The fourth-order valence-electron chi connectivity index (χ4n) is 3.51. The first-order valence-corrected chi connectivity index (χ1v) is 9.87. The number of fused-ring (bicyclic) bond motifs is 1. The van der Waals surface area contributed by atoms with E-state index in [1.807, 2.05) is 43.5 Å². The minimum absolute atomic E-state index is 0.0190. The van der Waals surface area contributed by atoms with Crippen LogP contribution in [0.1, 0.15) is 36.1 Å². The molecule has 28 heavy (non-hydrogen) atoms. The average molecular weight is 399 g/mol. The zero-order valence-corrected chi connectivity index (χ0v) is 17.0. The lowest BCUT2D eigenvalue weighted by molar-refractivity contribution is -0.121. The van der Waals surface area contributed by atoms with Crippen LogP contribution in [0.25, 0.3) is 16.7 Å². The summed E-state index contributed by atoms with van der Waals surface area (Å²) in [7, 11) is 0. The second-order valence-corrected chi connectivity index (χ2v) is 7.95. The number of rotatable bonds is 5. The quantitative estimate of drug-likeness (QED) is 0.715. The van der Waals surface area contributed by atoms with Crippen LogP contribution in [0.15, 0.2) is 29.3 Å². The molecule has 0 radical (unpaired) electrons. The molecule has 1 N–H and O–H groups in total. The highest BCUT2D eigenvalue weighted by Crippen LogP contribution is 2.28. The summed E-state index contributed by atoms with van der Waals surface area (Å²) in [5.74, 6) is -0.0190. The van der Waals surface area contributed by atoms with Gasteiger partial charge < -0.3 is 5.32 Å². The van der Waals surface area contributed by atoms with Crippen molar-refractivity contribution in [1.29, 1.82) is 0 Å². The lowest BCUT2D eigenvalue weighted by atomic mass is 10.2. The number of carbonyl (C=O) groups excluding carboxylic acids is 1. The van der Waals surface area contributed by atoms with Gasteiger partial charge in [-0.05, 0) is 56.9 Å². The van der Waals surface area contributed by atoms with Crippen LogP contribution < -0.4 is 10.9 Å². The van der Waals surface area contributed by atoms with Crippen LogP contribution in [-0.2, 0) is 11.3 Å². The van der Waals surface area contributed by atoms with Gasteiger partial charge >= 0.3 is 0 Å². The van der Waals surface area contributed by atoms with E-state index >= 15 is 0 Å². The first kappa shape index (κ1) is 18.7. The number of aromatic nitrogens is 3. The highest BCUT2D eigenvalue weighted by atomic mass is 35.5. The number of benzene rings is 1. The van der Waals surface area contributed by atoms with E-state index in [1.54, 1.807) is 0 Å². The first-order chi connectivity index (χ1) is 13.4. The van der Waals surface area contributed by atoms with Crippen molar-refractivity contribution < 1.29 is 4.79 Å². The van der Waals surface area contributed by atoms with Crippen LogP contribution in [0.4, 0.5) is 0 Å². The van der Waals surface area contributed by atoms with Gasteiger partial charge in [0.2, 0.25) is 5.91 Å². The number of carbonyl (C=O) groups is 1. The van der Waals surface area contributed by atoms with Gasteiger partial charge in [0.25, 0.3) is 5.56 Å². The highest BCUT2D eigenvalue weighted by Gasteiger charge is 2.23. The summed E-state index contributed by atoms with van der Waals surface area (Å²) in [6, 6.07) is 6.02. The van der Waals surface area contributed by atoms with Gasteiger partial charge in [0.05, 0.1) is 17.4 Å². The number of nitrogens with one attached hydrogen (secondary N) is 1. The molecule has 0 saturated heterocycles. The van der Waals surface area contributed by atoms with Crippen LogP contribution in [0.2, 0.25) is 5.02 Å². The molecule has 4 rings (SSSR count). The SMILES string of the molecule is Cc1ccc(Cl)cc1-n1c(C)c(C)c2c(=O)n(CCC(=O)NC3CC3)cnc21. The molecule has 0 atom stereocenters. The van der Waals surface area contributed by atoms with Gasteiger partial charge in [-0.2, -0.15) is 0 Å². The maximum absolute atomic E-state index is 13.1. The molecule has 1 aliphatic rings. The summed E-state index contributed by atoms with van der Waals surface area (Å²) >= 11 is 6.21. The molecule has 0 aliphatic heterocycles. The molecule has 3 aromatic rings. The number of aryl methyl sites for hydroxylation is 3. The summed E-state index contributed by atoms with van der Waals surface area (Å²) in [5, 5.41) is 4.17. The molecule has 1 aliphatic carbocycles. The minimum Gasteiger partial charge on any atom is -0.353 e. The maximum Gasteiger partial charge on any atom is 0.263 e. The second-order valence-electron chi connectivity index (χ2n) is 7.51. The molecule has 2 heterocycles. The number of hydrogen-bond acceptors (Lipinski definition) is 3. The molecule has 1 amide bonds. The van der Waals surface area contributed by atoms with Gasteiger partial charge in [0.15, 0.2) is 5.65 Å². The third kappa shape index (κ3) is 3.33. The van der Waals surface area contributed by atoms with Crippen LogP contribution in [0.5, 0.6) is 0 Å². The van der Waals surface area contributed by atoms with Crippen molar-refractivity contribution in [3.63, 3.8) is 0 Å². The van der Waals surface area contributed by atoms with Crippen molar-refractivity contribution in [3.8, 4) is 5.69 Å². The van der Waals surface area contributed by atoms with Gasteiger partial charge in [0.1, 0.15) is 0 Å². The van der Waals surface area contributed by atoms with Gasteiger partial charge in [-0.1, -0.05) is 17.7 Å². The van der Waals surface area contributed by atoms with Crippen molar-refractivity contribution in [3.05, 3.63) is 56.7 Å². The monoisotopic (exact) mass is 398 g/mol. The van der Waals surface area contributed by atoms with E-state index < -0.39 is 0 Å². The Labute approximate surface area is 168 Å². The Morgan fingerprint density at radius 2 is 2.04 bits per heavy atom. The van der Waals surface area contributed by atoms with Crippen molar-refractivity contribution in [2.24, 2.45) is 0 Å². The van der Waals surface area contributed by atoms with Gasteiger partial charge in [-0.15, -0.1) is 0 Å². The third-order valence-corrected chi connectivity index (χ3v) is 5.65. The molecule has 1 saturated carbocycles.